The highest BCUT2D eigenvalue weighted by Crippen LogP contribution is 2.34. The molecule has 0 spiro atoms. The van der Waals surface area contributed by atoms with E-state index in [1.807, 2.05) is 31.9 Å². The molecular formula is C18H20N4OS. The molecule has 3 aromatic rings. The van der Waals surface area contributed by atoms with Gasteiger partial charge >= 0.3 is 0 Å². The summed E-state index contributed by atoms with van der Waals surface area (Å²) >= 11 is 1.79. The fraction of sp³-hybridized carbons (Fsp3) is 0.389. The maximum absolute atomic E-state index is 13.3. The highest BCUT2D eigenvalue weighted by Gasteiger charge is 2.30. The maximum atomic E-state index is 13.3. The summed E-state index contributed by atoms with van der Waals surface area (Å²) in [6.45, 7) is 6.74. The number of aryl methyl sites for hydroxylation is 3. The van der Waals surface area contributed by atoms with E-state index in [-0.39, 0.29) is 11.9 Å². The Morgan fingerprint density at radius 2 is 2.17 bits per heavy atom. The average Bonchev–Trinajstić information content (AvgIpc) is 3.12. The molecule has 1 amide bonds. The molecule has 0 saturated carbocycles. The number of thiophene rings is 1. The molecule has 0 N–H and O–H groups in total. The van der Waals surface area contributed by atoms with Crippen LogP contribution >= 0.6 is 11.3 Å². The third kappa shape index (κ3) is 2.17. The summed E-state index contributed by atoms with van der Waals surface area (Å²) in [5, 5.41) is 7.44. The first-order valence-electron chi connectivity index (χ1n) is 8.15. The third-order valence-corrected chi connectivity index (χ3v) is 5.86. The van der Waals surface area contributed by atoms with Gasteiger partial charge in [0.15, 0.2) is 5.65 Å². The van der Waals surface area contributed by atoms with Crippen LogP contribution in [0, 0.1) is 13.8 Å². The van der Waals surface area contributed by atoms with Crippen LogP contribution < -0.4 is 0 Å². The Hall–Kier alpha value is -2.21. The molecule has 0 saturated heterocycles. The minimum absolute atomic E-state index is 0.0750. The number of nitrogens with zero attached hydrogens (tertiary/aromatic N) is 4. The van der Waals surface area contributed by atoms with Crippen LogP contribution in [0.1, 0.15) is 45.2 Å². The van der Waals surface area contributed by atoms with Gasteiger partial charge in [0.25, 0.3) is 5.91 Å². The number of carbonyl (C=O) groups is 1. The predicted octanol–water partition coefficient (Wildman–Crippen LogP) is 3.41. The van der Waals surface area contributed by atoms with Crippen molar-refractivity contribution in [2.75, 3.05) is 6.54 Å². The smallest absolute Gasteiger partial charge is 0.255 e. The van der Waals surface area contributed by atoms with Crippen molar-refractivity contribution in [3.8, 4) is 0 Å². The number of pyridine rings is 1. The van der Waals surface area contributed by atoms with Crippen LogP contribution in [-0.4, -0.2) is 32.1 Å². The minimum Gasteiger partial charge on any atom is -0.331 e. The molecule has 1 atom stereocenters. The van der Waals surface area contributed by atoms with E-state index >= 15 is 0 Å². The van der Waals surface area contributed by atoms with Gasteiger partial charge in [0.1, 0.15) is 0 Å². The zero-order valence-corrected chi connectivity index (χ0v) is 15.1. The van der Waals surface area contributed by atoms with Crippen LogP contribution in [0.5, 0.6) is 0 Å². The van der Waals surface area contributed by atoms with Crippen molar-refractivity contribution in [3.05, 3.63) is 44.9 Å². The molecule has 0 aromatic carbocycles. The van der Waals surface area contributed by atoms with Gasteiger partial charge in [0.2, 0.25) is 0 Å². The Balaban J connectivity index is 1.82. The van der Waals surface area contributed by atoms with Crippen LogP contribution in [0.2, 0.25) is 0 Å². The van der Waals surface area contributed by atoms with E-state index in [0.29, 0.717) is 5.56 Å². The van der Waals surface area contributed by atoms with Gasteiger partial charge in [-0.2, -0.15) is 5.10 Å². The van der Waals surface area contributed by atoms with Crippen molar-refractivity contribution >= 4 is 28.3 Å². The lowest BCUT2D eigenvalue weighted by Gasteiger charge is -2.34. The Labute approximate surface area is 144 Å². The number of hydrogen-bond donors (Lipinski definition) is 0. The molecule has 24 heavy (non-hydrogen) atoms. The summed E-state index contributed by atoms with van der Waals surface area (Å²) < 4.78 is 1.76. The molecule has 124 valence electrons. The summed E-state index contributed by atoms with van der Waals surface area (Å²) in [6.07, 6.45) is 0.933. The molecule has 5 nitrogen and oxygen atoms in total. The van der Waals surface area contributed by atoms with Crippen molar-refractivity contribution in [2.24, 2.45) is 7.05 Å². The molecule has 4 rings (SSSR count). The van der Waals surface area contributed by atoms with Crippen molar-refractivity contribution < 1.29 is 4.79 Å². The molecule has 0 radical (unpaired) electrons. The van der Waals surface area contributed by atoms with Gasteiger partial charge in [0, 0.05) is 24.2 Å². The second-order valence-corrected chi connectivity index (χ2v) is 7.44. The first-order valence-corrected chi connectivity index (χ1v) is 9.03. The van der Waals surface area contributed by atoms with E-state index in [2.05, 4.69) is 28.5 Å². The Bertz CT molecular complexity index is 955. The molecule has 1 aliphatic rings. The van der Waals surface area contributed by atoms with Crippen molar-refractivity contribution in [1.29, 1.82) is 0 Å². The highest BCUT2D eigenvalue weighted by molar-refractivity contribution is 7.10. The molecule has 6 heteroatoms. The number of hydrogen-bond acceptors (Lipinski definition) is 4. The molecule has 0 unspecified atom stereocenters. The monoisotopic (exact) mass is 340 g/mol. The fourth-order valence-electron chi connectivity index (χ4n) is 3.68. The number of fused-ring (bicyclic) bond motifs is 2. The molecule has 0 fully saturated rings. The van der Waals surface area contributed by atoms with Crippen molar-refractivity contribution in [2.45, 2.75) is 33.2 Å². The number of carbonyl (C=O) groups excluding carboxylic acids is 1. The molecule has 1 aliphatic heterocycles. The van der Waals surface area contributed by atoms with Crippen LogP contribution in [0.4, 0.5) is 0 Å². The molecular weight excluding hydrogens is 320 g/mol. The van der Waals surface area contributed by atoms with E-state index < -0.39 is 0 Å². The molecule has 0 bridgehead atoms. The summed E-state index contributed by atoms with van der Waals surface area (Å²) in [4.78, 5) is 21.3. The molecule has 4 heterocycles. The first kappa shape index (κ1) is 15.3. The summed E-state index contributed by atoms with van der Waals surface area (Å²) in [5.41, 5.74) is 4.47. The maximum Gasteiger partial charge on any atom is 0.255 e. The first-order chi connectivity index (χ1) is 11.5. The fourth-order valence-corrected chi connectivity index (χ4v) is 4.64. The average molecular weight is 340 g/mol. The van der Waals surface area contributed by atoms with Crippen LogP contribution in [0.15, 0.2) is 17.5 Å². The quantitative estimate of drug-likeness (QED) is 0.682. The lowest BCUT2D eigenvalue weighted by atomic mass is 9.99. The van der Waals surface area contributed by atoms with Crippen LogP contribution in [0.25, 0.3) is 11.0 Å². The van der Waals surface area contributed by atoms with Gasteiger partial charge in [-0.05, 0) is 50.3 Å². The summed E-state index contributed by atoms with van der Waals surface area (Å²) in [5.74, 6) is 0.0750. The van der Waals surface area contributed by atoms with Crippen molar-refractivity contribution in [1.82, 2.24) is 19.7 Å². The number of amides is 1. The van der Waals surface area contributed by atoms with Crippen LogP contribution in [-0.2, 0) is 13.5 Å². The lowest BCUT2D eigenvalue weighted by Crippen LogP contribution is -2.38. The second kappa shape index (κ2) is 5.41. The lowest BCUT2D eigenvalue weighted by molar-refractivity contribution is 0.0681. The Kier molecular flexibility index (Phi) is 3.46. The van der Waals surface area contributed by atoms with Gasteiger partial charge in [-0.3, -0.25) is 9.48 Å². The van der Waals surface area contributed by atoms with E-state index in [9.17, 15) is 4.79 Å². The number of aromatic nitrogens is 3. The SMILES string of the molecule is Cc1cc(C(=O)N2CCc3sccc3[C@@H]2C)c2c(C)nn(C)c2n1. The Morgan fingerprint density at radius 1 is 1.38 bits per heavy atom. The Morgan fingerprint density at radius 3 is 2.96 bits per heavy atom. The zero-order valence-electron chi connectivity index (χ0n) is 14.3. The van der Waals surface area contributed by atoms with Gasteiger partial charge in [-0.25, -0.2) is 4.98 Å². The second-order valence-electron chi connectivity index (χ2n) is 6.44. The standard InChI is InChI=1S/C18H20N4OS/c1-10-9-14(16-11(2)20-21(4)17(16)19-10)18(23)22-7-5-15-13(12(22)3)6-8-24-15/h6,8-9,12H,5,7H2,1-4H3/t12-/m0/s1. The van der Waals surface area contributed by atoms with Crippen LogP contribution in [0.3, 0.4) is 0 Å². The predicted molar refractivity (Wildman–Crippen MR) is 95.5 cm³/mol. The third-order valence-electron chi connectivity index (χ3n) is 4.87. The van der Waals surface area contributed by atoms with Gasteiger partial charge in [0.05, 0.1) is 22.7 Å². The summed E-state index contributed by atoms with van der Waals surface area (Å²) in [6, 6.07) is 4.15. The van der Waals surface area contributed by atoms with Gasteiger partial charge < -0.3 is 4.90 Å². The topological polar surface area (TPSA) is 51.0 Å². The van der Waals surface area contributed by atoms with E-state index in [0.717, 1.165) is 35.4 Å². The largest absolute Gasteiger partial charge is 0.331 e. The van der Waals surface area contributed by atoms with E-state index in [1.165, 1.54) is 10.4 Å². The van der Waals surface area contributed by atoms with E-state index in [4.69, 9.17) is 0 Å². The minimum atomic E-state index is 0.0750. The molecule has 0 aliphatic carbocycles. The normalized spacial score (nSPS) is 17.3. The zero-order chi connectivity index (χ0) is 17.0. The van der Waals surface area contributed by atoms with Crippen molar-refractivity contribution in [3.63, 3.8) is 0 Å². The summed E-state index contributed by atoms with van der Waals surface area (Å²) in [7, 11) is 1.87. The highest BCUT2D eigenvalue weighted by atomic mass is 32.1. The van der Waals surface area contributed by atoms with E-state index in [1.54, 1.807) is 16.0 Å². The number of rotatable bonds is 1. The van der Waals surface area contributed by atoms with Gasteiger partial charge in [-0.15, -0.1) is 11.3 Å². The molecule has 3 aromatic heterocycles. The van der Waals surface area contributed by atoms with Gasteiger partial charge in [-0.1, -0.05) is 0 Å².